The van der Waals surface area contributed by atoms with Gasteiger partial charge in [-0.3, -0.25) is 0 Å². The number of aromatic nitrogens is 4. The quantitative estimate of drug-likeness (QED) is 0.793. The SMILES string of the molecule is Cc1cc(C)nc(-n2nc(C)c(OCC3CO3)c2C)n1. The van der Waals surface area contributed by atoms with Crippen molar-refractivity contribution in [1.29, 1.82) is 0 Å². The molecule has 1 atom stereocenters. The highest BCUT2D eigenvalue weighted by Crippen LogP contribution is 2.25. The fourth-order valence-corrected chi connectivity index (χ4v) is 2.17. The number of aryl methyl sites for hydroxylation is 3. The maximum Gasteiger partial charge on any atom is 0.251 e. The summed E-state index contributed by atoms with van der Waals surface area (Å²) < 4.78 is 12.7. The molecule has 0 aliphatic carbocycles. The summed E-state index contributed by atoms with van der Waals surface area (Å²) in [4.78, 5) is 8.87. The van der Waals surface area contributed by atoms with Gasteiger partial charge in [-0.15, -0.1) is 0 Å². The summed E-state index contributed by atoms with van der Waals surface area (Å²) in [5, 5.41) is 4.49. The Morgan fingerprint density at radius 2 is 1.90 bits per heavy atom. The molecule has 3 rings (SSSR count). The molecular weight excluding hydrogens is 256 g/mol. The van der Waals surface area contributed by atoms with E-state index in [0.29, 0.717) is 12.6 Å². The molecule has 0 radical (unpaired) electrons. The maximum absolute atomic E-state index is 5.79. The molecule has 1 saturated heterocycles. The summed E-state index contributed by atoms with van der Waals surface area (Å²) in [5.41, 5.74) is 3.60. The second-order valence-electron chi connectivity index (χ2n) is 5.13. The number of epoxide rings is 1. The Labute approximate surface area is 117 Å². The third kappa shape index (κ3) is 2.51. The Balaban J connectivity index is 1.94. The van der Waals surface area contributed by atoms with Gasteiger partial charge in [0.25, 0.3) is 5.95 Å². The third-order valence-corrected chi connectivity index (χ3v) is 3.20. The number of hydrogen-bond donors (Lipinski definition) is 0. The molecule has 0 bridgehead atoms. The summed E-state index contributed by atoms with van der Waals surface area (Å²) in [6, 6.07) is 1.94. The largest absolute Gasteiger partial charge is 0.487 e. The summed E-state index contributed by atoms with van der Waals surface area (Å²) in [7, 11) is 0. The fraction of sp³-hybridized carbons (Fsp3) is 0.500. The molecule has 2 aromatic rings. The smallest absolute Gasteiger partial charge is 0.251 e. The van der Waals surface area contributed by atoms with Gasteiger partial charge in [-0.2, -0.15) is 9.78 Å². The Morgan fingerprint density at radius 3 is 2.50 bits per heavy atom. The highest BCUT2D eigenvalue weighted by Gasteiger charge is 2.25. The van der Waals surface area contributed by atoms with Gasteiger partial charge in [-0.25, -0.2) is 9.97 Å². The number of rotatable bonds is 4. The molecule has 0 N–H and O–H groups in total. The van der Waals surface area contributed by atoms with Gasteiger partial charge in [-0.05, 0) is 33.8 Å². The van der Waals surface area contributed by atoms with Crippen molar-refractivity contribution < 1.29 is 9.47 Å². The first kappa shape index (κ1) is 13.1. The average molecular weight is 274 g/mol. The Hall–Kier alpha value is -1.95. The molecule has 20 heavy (non-hydrogen) atoms. The highest BCUT2D eigenvalue weighted by atomic mass is 16.6. The van der Waals surface area contributed by atoms with Crippen LogP contribution in [0.15, 0.2) is 6.07 Å². The summed E-state index contributed by atoms with van der Waals surface area (Å²) in [5.74, 6) is 1.38. The van der Waals surface area contributed by atoms with Gasteiger partial charge < -0.3 is 9.47 Å². The van der Waals surface area contributed by atoms with E-state index in [2.05, 4.69) is 15.1 Å². The lowest BCUT2D eigenvalue weighted by atomic mass is 10.3. The first-order chi connectivity index (χ1) is 9.54. The van der Waals surface area contributed by atoms with Crippen molar-refractivity contribution in [1.82, 2.24) is 19.7 Å². The average Bonchev–Trinajstić information content (AvgIpc) is 3.14. The Morgan fingerprint density at radius 1 is 1.25 bits per heavy atom. The lowest BCUT2D eigenvalue weighted by Crippen LogP contribution is -2.08. The van der Waals surface area contributed by atoms with Crippen molar-refractivity contribution in [2.24, 2.45) is 0 Å². The predicted octanol–water partition coefficient (Wildman–Crippen LogP) is 1.67. The summed E-state index contributed by atoms with van der Waals surface area (Å²) in [6.07, 6.45) is 0.231. The summed E-state index contributed by atoms with van der Waals surface area (Å²) in [6.45, 7) is 9.14. The highest BCUT2D eigenvalue weighted by molar-refractivity contribution is 5.36. The lowest BCUT2D eigenvalue weighted by molar-refractivity contribution is 0.260. The maximum atomic E-state index is 5.79. The third-order valence-electron chi connectivity index (χ3n) is 3.20. The van der Waals surface area contributed by atoms with Crippen molar-refractivity contribution in [3.63, 3.8) is 0 Å². The van der Waals surface area contributed by atoms with Crippen molar-refractivity contribution in [2.45, 2.75) is 33.8 Å². The molecule has 0 amide bonds. The van der Waals surface area contributed by atoms with Crippen LogP contribution in [-0.2, 0) is 4.74 Å². The molecule has 1 unspecified atom stereocenters. The van der Waals surface area contributed by atoms with Gasteiger partial charge in [0.2, 0.25) is 0 Å². The zero-order valence-corrected chi connectivity index (χ0v) is 12.2. The van der Waals surface area contributed by atoms with Crippen molar-refractivity contribution in [3.8, 4) is 11.7 Å². The van der Waals surface area contributed by atoms with E-state index < -0.39 is 0 Å². The number of hydrogen-bond acceptors (Lipinski definition) is 5. The van der Waals surface area contributed by atoms with Crippen LogP contribution in [0.25, 0.3) is 5.95 Å². The van der Waals surface area contributed by atoms with Crippen LogP contribution in [-0.4, -0.2) is 39.1 Å². The first-order valence-corrected chi connectivity index (χ1v) is 6.68. The second kappa shape index (κ2) is 4.86. The van der Waals surface area contributed by atoms with Crippen LogP contribution in [0.2, 0.25) is 0 Å². The van der Waals surface area contributed by atoms with Crippen LogP contribution in [0.4, 0.5) is 0 Å². The van der Waals surface area contributed by atoms with Gasteiger partial charge in [-0.1, -0.05) is 0 Å². The minimum absolute atomic E-state index is 0.231. The van der Waals surface area contributed by atoms with E-state index >= 15 is 0 Å². The van der Waals surface area contributed by atoms with Crippen LogP contribution in [0.3, 0.4) is 0 Å². The molecule has 0 saturated carbocycles. The molecule has 6 heteroatoms. The van der Waals surface area contributed by atoms with Crippen molar-refractivity contribution >= 4 is 0 Å². The molecule has 3 heterocycles. The lowest BCUT2D eigenvalue weighted by Gasteiger charge is -2.06. The van der Waals surface area contributed by atoms with Crippen molar-refractivity contribution in [3.05, 3.63) is 28.8 Å². The molecule has 2 aromatic heterocycles. The zero-order valence-electron chi connectivity index (χ0n) is 12.2. The molecule has 0 aromatic carbocycles. The Bertz CT molecular complexity index is 627. The molecule has 1 fully saturated rings. The zero-order chi connectivity index (χ0) is 14.3. The normalized spacial score (nSPS) is 17.3. The second-order valence-corrected chi connectivity index (χ2v) is 5.13. The predicted molar refractivity (Wildman–Crippen MR) is 73.3 cm³/mol. The van der Waals surface area contributed by atoms with Crippen LogP contribution in [0, 0.1) is 27.7 Å². The topological polar surface area (TPSA) is 65.4 Å². The van der Waals surface area contributed by atoms with Gasteiger partial charge in [0.15, 0.2) is 5.75 Å². The molecule has 0 spiro atoms. The van der Waals surface area contributed by atoms with E-state index in [4.69, 9.17) is 9.47 Å². The molecule has 1 aliphatic rings. The van der Waals surface area contributed by atoms with E-state index in [0.717, 1.165) is 35.1 Å². The minimum Gasteiger partial charge on any atom is -0.487 e. The molecule has 1 aliphatic heterocycles. The number of ether oxygens (including phenoxy) is 2. The van der Waals surface area contributed by atoms with Crippen molar-refractivity contribution in [2.75, 3.05) is 13.2 Å². The van der Waals surface area contributed by atoms with E-state index in [1.54, 1.807) is 4.68 Å². The molecule has 6 nitrogen and oxygen atoms in total. The van der Waals surface area contributed by atoms with E-state index in [1.807, 2.05) is 33.8 Å². The fourth-order valence-electron chi connectivity index (χ4n) is 2.17. The standard InChI is InChI=1S/C14H18N4O2/c1-8-5-9(2)16-14(15-8)18-11(4)13(10(3)17-18)20-7-12-6-19-12/h5,12H,6-7H2,1-4H3. The van der Waals surface area contributed by atoms with E-state index in [1.165, 1.54) is 0 Å². The first-order valence-electron chi connectivity index (χ1n) is 6.68. The minimum atomic E-state index is 0.231. The Kier molecular flexibility index (Phi) is 3.17. The summed E-state index contributed by atoms with van der Waals surface area (Å²) >= 11 is 0. The van der Waals surface area contributed by atoms with E-state index in [9.17, 15) is 0 Å². The van der Waals surface area contributed by atoms with Crippen LogP contribution in [0.5, 0.6) is 5.75 Å². The van der Waals surface area contributed by atoms with Crippen LogP contribution >= 0.6 is 0 Å². The van der Waals surface area contributed by atoms with Gasteiger partial charge in [0, 0.05) is 11.4 Å². The van der Waals surface area contributed by atoms with Gasteiger partial charge in [0.1, 0.15) is 18.4 Å². The molecular formula is C14H18N4O2. The van der Waals surface area contributed by atoms with Crippen LogP contribution < -0.4 is 4.74 Å². The molecule has 106 valence electrons. The van der Waals surface area contributed by atoms with Gasteiger partial charge >= 0.3 is 0 Å². The van der Waals surface area contributed by atoms with Gasteiger partial charge in [0.05, 0.1) is 12.3 Å². The van der Waals surface area contributed by atoms with E-state index in [-0.39, 0.29) is 6.10 Å². The number of nitrogens with zero attached hydrogens (tertiary/aromatic N) is 4. The monoisotopic (exact) mass is 274 g/mol. The van der Waals surface area contributed by atoms with Crippen LogP contribution in [0.1, 0.15) is 22.8 Å².